The van der Waals surface area contributed by atoms with E-state index in [2.05, 4.69) is 20.6 Å². The molecule has 0 spiro atoms. The highest BCUT2D eigenvalue weighted by molar-refractivity contribution is 7.99. The molecule has 34 heavy (non-hydrogen) atoms. The Morgan fingerprint density at radius 1 is 0.941 bits per heavy atom. The van der Waals surface area contributed by atoms with Crippen LogP contribution in [0, 0.1) is 0 Å². The lowest BCUT2D eigenvalue weighted by Crippen LogP contribution is -2.27. The summed E-state index contributed by atoms with van der Waals surface area (Å²) >= 11 is 1.35. The van der Waals surface area contributed by atoms with Crippen LogP contribution in [-0.4, -0.2) is 59.3 Å². The van der Waals surface area contributed by atoms with Gasteiger partial charge in [-0.1, -0.05) is 23.9 Å². The summed E-state index contributed by atoms with van der Waals surface area (Å²) in [5, 5.41) is 16.7. The molecule has 0 saturated carbocycles. The van der Waals surface area contributed by atoms with E-state index in [1.54, 1.807) is 25.8 Å². The molecule has 4 aromatic rings. The van der Waals surface area contributed by atoms with Gasteiger partial charge in [-0.3, -0.25) is 4.79 Å². The van der Waals surface area contributed by atoms with E-state index in [0.717, 1.165) is 23.3 Å². The third-order valence-electron chi connectivity index (χ3n) is 5.13. The molecule has 4 rings (SSSR count). The van der Waals surface area contributed by atoms with Gasteiger partial charge < -0.3 is 19.5 Å². The van der Waals surface area contributed by atoms with Crippen molar-refractivity contribution in [2.24, 2.45) is 0 Å². The second-order valence-electron chi connectivity index (χ2n) is 7.27. The highest BCUT2D eigenvalue weighted by Gasteiger charge is 2.14. The molecule has 0 aliphatic carbocycles. The summed E-state index contributed by atoms with van der Waals surface area (Å²) in [6, 6.07) is 17.0. The van der Waals surface area contributed by atoms with Gasteiger partial charge in [0.05, 0.1) is 27.1 Å². The van der Waals surface area contributed by atoms with Crippen LogP contribution in [0.5, 0.6) is 17.2 Å². The van der Waals surface area contributed by atoms with E-state index in [1.165, 1.54) is 11.8 Å². The second-order valence-corrected chi connectivity index (χ2v) is 8.27. The molecular weight excluding hydrogens is 454 g/mol. The van der Waals surface area contributed by atoms with E-state index < -0.39 is 0 Å². The number of nitrogens with zero attached hydrogens (tertiary/aromatic N) is 4. The zero-order valence-electron chi connectivity index (χ0n) is 19.1. The molecule has 0 saturated heterocycles. The van der Waals surface area contributed by atoms with Gasteiger partial charge in [0.25, 0.3) is 0 Å². The van der Waals surface area contributed by atoms with Gasteiger partial charge >= 0.3 is 0 Å². The van der Waals surface area contributed by atoms with Crippen LogP contribution < -0.4 is 19.5 Å². The molecule has 10 heteroatoms. The summed E-state index contributed by atoms with van der Waals surface area (Å²) in [6.45, 7) is 0.563. The minimum atomic E-state index is -0.0516. The Kier molecular flexibility index (Phi) is 7.48. The Morgan fingerprint density at radius 3 is 2.47 bits per heavy atom. The Morgan fingerprint density at radius 2 is 1.74 bits per heavy atom. The van der Waals surface area contributed by atoms with Crippen LogP contribution in [0.15, 0.2) is 59.6 Å². The molecule has 176 valence electrons. The van der Waals surface area contributed by atoms with Crippen molar-refractivity contribution in [2.75, 3.05) is 33.6 Å². The lowest BCUT2D eigenvalue weighted by molar-refractivity contribution is -0.118. The number of hydrogen-bond donors (Lipinski definition) is 1. The van der Waals surface area contributed by atoms with Gasteiger partial charge in [0, 0.05) is 12.1 Å². The standard InChI is InChI=1S/C24H25N5O4S/c1-31-18-7-4-16(5-8-18)12-13-25-22(30)15-34-23-11-10-21-26-27-24(29(21)28-23)17-6-9-19(32-2)20(14-17)33-3/h4-11,14H,12-13,15H2,1-3H3,(H,25,30). The van der Waals surface area contributed by atoms with E-state index >= 15 is 0 Å². The van der Waals surface area contributed by atoms with E-state index in [9.17, 15) is 4.79 Å². The summed E-state index contributed by atoms with van der Waals surface area (Å²) < 4.78 is 17.5. The number of methoxy groups -OCH3 is 3. The van der Waals surface area contributed by atoms with Crippen molar-refractivity contribution in [3.8, 4) is 28.6 Å². The third-order valence-corrected chi connectivity index (χ3v) is 6.05. The number of benzene rings is 2. The third kappa shape index (κ3) is 5.40. The quantitative estimate of drug-likeness (QED) is 0.346. The Hall–Kier alpha value is -3.79. The Balaban J connectivity index is 1.37. The zero-order valence-corrected chi connectivity index (χ0v) is 20.0. The van der Waals surface area contributed by atoms with E-state index in [0.29, 0.717) is 34.5 Å². The van der Waals surface area contributed by atoms with Gasteiger partial charge in [0.2, 0.25) is 5.91 Å². The maximum Gasteiger partial charge on any atom is 0.230 e. The zero-order chi connectivity index (χ0) is 23.9. The summed E-state index contributed by atoms with van der Waals surface area (Å²) in [6.07, 6.45) is 0.750. The number of hydrogen-bond acceptors (Lipinski definition) is 8. The molecule has 2 aromatic carbocycles. The molecular formula is C24H25N5O4S. The fourth-order valence-electron chi connectivity index (χ4n) is 3.33. The highest BCUT2D eigenvalue weighted by Crippen LogP contribution is 2.31. The lowest BCUT2D eigenvalue weighted by Gasteiger charge is -2.09. The number of nitrogens with one attached hydrogen (secondary N) is 1. The van der Waals surface area contributed by atoms with Gasteiger partial charge in [-0.05, 0) is 54.4 Å². The Bertz CT molecular complexity index is 1280. The molecule has 0 radical (unpaired) electrons. The van der Waals surface area contributed by atoms with Crippen molar-refractivity contribution in [3.05, 3.63) is 60.2 Å². The van der Waals surface area contributed by atoms with Crippen LogP contribution in [0.4, 0.5) is 0 Å². The molecule has 0 atom stereocenters. The average molecular weight is 480 g/mol. The number of thioether (sulfide) groups is 1. The summed E-state index contributed by atoms with van der Waals surface area (Å²) in [7, 11) is 4.81. The minimum Gasteiger partial charge on any atom is -0.497 e. The largest absolute Gasteiger partial charge is 0.497 e. The van der Waals surface area contributed by atoms with Crippen LogP contribution in [0.2, 0.25) is 0 Å². The van der Waals surface area contributed by atoms with Crippen molar-refractivity contribution in [3.63, 3.8) is 0 Å². The number of carbonyl (C=O) groups excluding carboxylic acids is 1. The number of ether oxygens (including phenoxy) is 3. The minimum absolute atomic E-state index is 0.0516. The first-order valence-electron chi connectivity index (χ1n) is 10.6. The first-order valence-corrected chi connectivity index (χ1v) is 11.6. The monoisotopic (exact) mass is 479 g/mol. The SMILES string of the molecule is COc1ccc(CCNC(=O)CSc2ccc3nnc(-c4ccc(OC)c(OC)c4)n3n2)cc1. The predicted octanol–water partition coefficient (Wildman–Crippen LogP) is 3.27. The van der Waals surface area contributed by atoms with Gasteiger partial charge in [-0.2, -0.15) is 9.61 Å². The number of aromatic nitrogens is 4. The molecule has 0 aliphatic heterocycles. The summed E-state index contributed by atoms with van der Waals surface area (Å²) in [5.74, 6) is 2.81. The maximum atomic E-state index is 12.3. The second kappa shape index (κ2) is 10.9. The van der Waals surface area contributed by atoms with Gasteiger partial charge in [-0.25, -0.2) is 0 Å². The molecule has 2 heterocycles. The normalized spacial score (nSPS) is 10.8. The average Bonchev–Trinajstić information content (AvgIpc) is 3.30. The van der Waals surface area contributed by atoms with E-state index in [1.807, 2.05) is 54.6 Å². The van der Waals surface area contributed by atoms with Crippen molar-refractivity contribution in [1.82, 2.24) is 25.1 Å². The van der Waals surface area contributed by atoms with Crippen molar-refractivity contribution in [1.29, 1.82) is 0 Å². The molecule has 0 bridgehead atoms. The number of fused-ring (bicyclic) bond motifs is 1. The molecule has 0 unspecified atom stereocenters. The topological polar surface area (TPSA) is 99.9 Å². The fourth-order valence-corrected chi connectivity index (χ4v) is 4.02. The van der Waals surface area contributed by atoms with E-state index in [-0.39, 0.29) is 11.7 Å². The lowest BCUT2D eigenvalue weighted by atomic mass is 10.1. The fraction of sp³-hybridized carbons (Fsp3) is 0.250. The van der Waals surface area contributed by atoms with Gasteiger partial charge in [-0.15, -0.1) is 10.2 Å². The van der Waals surface area contributed by atoms with Crippen LogP contribution in [0.3, 0.4) is 0 Å². The number of amides is 1. The maximum absolute atomic E-state index is 12.3. The first-order chi connectivity index (χ1) is 16.6. The molecule has 1 amide bonds. The molecule has 2 aromatic heterocycles. The number of carbonyl (C=O) groups is 1. The summed E-state index contributed by atoms with van der Waals surface area (Å²) in [4.78, 5) is 12.3. The highest BCUT2D eigenvalue weighted by atomic mass is 32.2. The van der Waals surface area contributed by atoms with Gasteiger partial charge in [0.1, 0.15) is 10.8 Å². The molecule has 0 fully saturated rings. The van der Waals surface area contributed by atoms with Crippen LogP contribution in [0.1, 0.15) is 5.56 Å². The smallest absolute Gasteiger partial charge is 0.230 e. The molecule has 1 N–H and O–H groups in total. The van der Waals surface area contributed by atoms with Crippen molar-refractivity contribution >= 4 is 23.3 Å². The first kappa shape index (κ1) is 23.4. The Labute approximate surface area is 201 Å². The van der Waals surface area contributed by atoms with Crippen molar-refractivity contribution in [2.45, 2.75) is 11.4 Å². The van der Waals surface area contributed by atoms with Crippen LogP contribution in [0.25, 0.3) is 17.0 Å². The summed E-state index contributed by atoms with van der Waals surface area (Å²) in [5.41, 5.74) is 2.53. The van der Waals surface area contributed by atoms with E-state index in [4.69, 9.17) is 14.2 Å². The molecule has 0 aliphatic rings. The number of rotatable bonds is 10. The van der Waals surface area contributed by atoms with Gasteiger partial charge in [0.15, 0.2) is 23.0 Å². The van der Waals surface area contributed by atoms with Crippen molar-refractivity contribution < 1.29 is 19.0 Å². The van der Waals surface area contributed by atoms with Crippen LogP contribution in [-0.2, 0) is 11.2 Å². The predicted molar refractivity (Wildman–Crippen MR) is 130 cm³/mol. The molecule has 9 nitrogen and oxygen atoms in total. The van der Waals surface area contributed by atoms with Crippen LogP contribution >= 0.6 is 11.8 Å².